The molecule has 6 nitrogen and oxygen atoms in total. The fraction of sp³-hybridized carbons (Fsp3) is 0.182. The number of nitrogens with zero attached hydrogens (tertiary/aromatic N) is 3. The van der Waals surface area contributed by atoms with Crippen molar-refractivity contribution in [1.29, 1.82) is 0 Å². The molecule has 96 valence electrons. The second-order valence-corrected chi connectivity index (χ2v) is 5.93. The predicted octanol–water partition coefficient (Wildman–Crippen LogP) is 0.787. The number of hydrogen-bond acceptors (Lipinski definition) is 4. The topological polar surface area (TPSA) is 81.2 Å². The summed E-state index contributed by atoms with van der Waals surface area (Å²) in [6, 6.07) is 10.6. The number of nitrogens with two attached hydrogens (primary N) is 1. The highest BCUT2D eigenvalue weighted by Gasteiger charge is 2.22. The van der Waals surface area contributed by atoms with Gasteiger partial charge in [-0.15, -0.1) is 9.19 Å². The molecule has 0 bridgehead atoms. The van der Waals surface area contributed by atoms with Crippen LogP contribution < -0.4 is 5.73 Å². The molecule has 0 saturated carbocycles. The van der Waals surface area contributed by atoms with Crippen molar-refractivity contribution in [2.24, 2.45) is 0 Å². The maximum atomic E-state index is 12.1. The Hall–Kier alpha value is -1.86. The first-order valence-corrected chi connectivity index (χ1v) is 6.66. The van der Waals surface area contributed by atoms with Gasteiger partial charge < -0.3 is 5.73 Å². The molecule has 0 aliphatic carbocycles. The average molecular weight is 266 g/mol. The molecule has 0 aliphatic rings. The summed E-state index contributed by atoms with van der Waals surface area (Å²) in [6.45, 7) is 0. The fourth-order valence-corrected chi connectivity index (χ4v) is 2.43. The van der Waals surface area contributed by atoms with E-state index in [0.29, 0.717) is 5.69 Å². The highest BCUT2D eigenvalue weighted by molar-refractivity contribution is 7.87. The lowest BCUT2D eigenvalue weighted by molar-refractivity contribution is 0.505. The van der Waals surface area contributed by atoms with Crippen molar-refractivity contribution >= 4 is 16.0 Å². The van der Waals surface area contributed by atoms with Gasteiger partial charge in [-0.05, 0) is 0 Å². The monoisotopic (exact) mass is 266 g/mol. The highest BCUT2D eigenvalue weighted by atomic mass is 32.2. The van der Waals surface area contributed by atoms with Crippen molar-refractivity contribution in [1.82, 2.24) is 13.5 Å². The molecule has 0 radical (unpaired) electrons. The molecular formula is C11H14N4O2S. The minimum atomic E-state index is -3.68. The van der Waals surface area contributed by atoms with E-state index in [2.05, 4.69) is 5.10 Å². The molecule has 2 rings (SSSR count). The summed E-state index contributed by atoms with van der Waals surface area (Å²) in [7, 11) is -0.783. The van der Waals surface area contributed by atoms with Gasteiger partial charge in [-0.25, -0.2) is 0 Å². The summed E-state index contributed by atoms with van der Waals surface area (Å²) in [5, 5.41) is 3.84. The van der Waals surface area contributed by atoms with Gasteiger partial charge in [0.1, 0.15) is 5.82 Å². The van der Waals surface area contributed by atoms with Crippen LogP contribution in [0.1, 0.15) is 0 Å². The zero-order valence-electron chi connectivity index (χ0n) is 10.1. The zero-order valence-corrected chi connectivity index (χ0v) is 10.9. The number of rotatable bonds is 3. The number of anilines is 1. The van der Waals surface area contributed by atoms with E-state index in [4.69, 9.17) is 5.73 Å². The maximum absolute atomic E-state index is 12.1. The first-order valence-electron chi connectivity index (χ1n) is 5.27. The lowest BCUT2D eigenvalue weighted by Crippen LogP contribution is -2.30. The minimum absolute atomic E-state index is 0.166. The molecule has 0 unspecified atom stereocenters. The largest absolute Gasteiger partial charge is 0.382 e. The Bertz CT molecular complexity index is 647. The molecule has 0 spiro atoms. The molecule has 0 amide bonds. The number of benzene rings is 1. The third kappa shape index (κ3) is 2.09. The van der Waals surface area contributed by atoms with Crippen LogP contribution in [0.15, 0.2) is 36.4 Å². The normalized spacial score (nSPS) is 11.9. The first-order chi connectivity index (χ1) is 8.43. The highest BCUT2D eigenvalue weighted by Crippen LogP contribution is 2.23. The average Bonchev–Trinajstić information content (AvgIpc) is 2.73. The molecule has 2 N–H and O–H groups in total. The number of nitrogen functional groups attached to an aromatic ring is 1. The molecule has 1 heterocycles. The second kappa shape index (κ2) is 4.43. The van der Waals surface area contributed by atoms with Crippen molar-refractivity contribution in [3.05, 3.63) is 36.4 Å². The van der Waals surface area contributed by atoms with Crippen LogP contribution in [0.3, 0.4) is 0 Å². The van der Waals surface area contributed by atoms with E-state index in [-0.39, 0.29) is 5.82 Å². The molecule has 1 aromatic heterocycles. The Kier molecular flexibility index (Phi) is 3.10. The quantitative estimate of drug-likeness (QED) is 0.890. The lowest BCUT2D eigenvalue weighted by atomic mass is 10.2. The molecule has 2 aromatic rings. The molecule has 0 aliphatic heterocycles. The van der Waals surface area contributed by atoms with Gasteiger partial charge in [0.15, 0.2) is 0 Å². The van der Waals surface area contributed by atoms with E-state index in [1.165, 1.54) is 20.2 Å². The zero-order chi connectivity index (χ0) is 13.3. The maximum Gasteiger partial charge on any atom is 0.323 e. The Morgan fingerprint density at radius 3 is 2.39 bits per heavy atom. The summed E-state index contributed by atoms with van der Waals surface area (Å²) < 4.78 is 26.3. The van der Waals surface area contributed by atoms with Gasteiger partial charge in [0.2, 0.25) is 0 Å². The third-order valence-corrected chi connectivity index (χ3v) is 4.08. The Balaban J connectivity index is 2.65. The number of hydrogen-bond donors (Lipinski definition) is 1. The van der Waals surface area contributed by atoms with Crippen molar-refractivity contribution in [3.63, 3.8) is 0 Å². The van der Waals surface area contributed by atoms with Crippen LogP contribution in [0, 0.1) is 0 Å². The summed E-state index contributed by atoms with van der Waals surface area (Å²) >= 11 is 0. The van der Waals surface area contributed by atoms with Crippen molar-refractivity contribution in [2.75, 3.05) is 19.8 Å². The van der Waals surface area contributed by atoms with E-state index >= 15 is 0 Å². The van der Waals surface area contributed by atoms with Gasteiger partial charge >= 0.3 is 10.2 Å². The smallest absolute Gasteiger partial charge is 0.323 e. The SMILES string of the molecule is CN(C)S(=O)(=O)n1nc(N)cc1-c1ccccc1. The molecule has 18 heavy (non-hydrogen) atoms. The van der Waals surface area contributed by atoms with Crippen molar-refractivity contribution in [2.45, 2.75) is 0 Å². The van der Waals surface area contributed by atoms with Crippen LogP contribution in [0.5, 0.6) is 0 Å². The van der Waals surface area contributed by atoms with Gasteiger partial charge in [-0.3, -0.25) is 0 Å². The predicted molar refractivity (Wildman–Crippen MR) is 70.1 cm³/mol. The van der Waals surface area contributed by atoms with E-state index in [0.717, 1.165) is 14.0 Å². The van der Waals surface area contributed by atoms with E-state index in [1.807, 2.05) is 18.2 Å². The van der Waals surface area contributed by atoms with Crippen LogP contribution in [0.25, 0.3) is 11.3 Å². The van der Waals surface area contributed by atoms with Crippen LogP contribution in [-0.4, -0.2) is 36.0 Å². The van der Waals surface area contributed by atoms with Gasteiger partial charge in [0, 0.05) is 25.7 Å². The summed E-state index contributed by atoms with van der Waals surface area (Å²) in [6.07, 6.45) is 0. The molecule has 0 fully saturated rings. The van der Waals surface area contributed by atoms with Crippen molar-refractivity contribution < 1.29 is 8.42 Å². The molecule has 0 saturated heterocycles. The minimum Gasteiger partial charge on any atom is -0.382 e. The van der Waals surface area contributed by atoms with Gasteiger partial charge in [-0.1, -0.05) is 30.3 Å². The van der Waals surface area contributed by atoms with Gasteiger partial charge in [-0.2, -0.15) is 12.7 Å². The third-order valence-electron chi connectivity index (χ3n) is 2.45. The molecular weight excluding hydrogens is 252 g/mol. The summed E-state index contributed by atoms with van der Waals surface area (Å²) in [4.78, 5) is 0. The van der Waals surface area contributed by atoms with E-state index < -0.39 is 10.2 Å². The van der Waals surface area contributed by atoms with Crippen LogP contribution in [0.4, 0.5) is 5.82 Å². The standard InChI is InChI=1S/C11H14N4O2S/c1-14(2)18(16,17)15-10(8-11(12)13-15)9-6-4-3-5-7-9/h3-8H,1-2H3,(H2,12,13). The molecule has 7 heteroatoms. The summed E-state index contributed by atoms with van der Waals surface area (Å²) in [5.41, 5.74) is 6.79. The summed E-state index contributed by atoms with van der Waals surface area (Å²) in [5.74, 6) is 0.166. The molecule has 1 aromatic carbocycles. The second-order valence-electron chi connectivity index (χ2n) is 3.95. The van der Waals surface area contributed by atoms with Gasteiger partial charge in [0.25, 0.3) is 0 Å². The Morgan fingerprint density at radius 1 is 1.22 bits per heavy atom. The lowest BCUT2D eigenvalue weighted by Gasteiger charge is -2.13. The van der Waals surface area contributed by atoms with E-state index in [9.17, 15) is 8.42 Å². The van der Waals surface area contributed by atoms with Gasteiger partial charge in [0.05, 0.1) is 5.69 Å². The van der Waals surface area contributed by atoms with Crippen LogP contribution >= 0.6 is 0 Å². The van der Waals surface area contributed by atoms with Crippen LogP contribution in [-0.2, 0) is 10.2 Å². The Morgan fingerprint density at radius 2 is 1.83 bits per heavy atom. The first kappa shape index (κ1) is 12.6. The number of aromatic nitrogens is 2. The van der Waals surface area contributed by atoms with Crippen LogP contribution in [0.2, 0.25) is 0 Å². The van der Waals surface area contributed by atoms with E-state index in [1.54, 1.807) is 12.1 Å². The fourth-order valence-electron chi connectivity index (χ4n) is 1.52. The van der Waals surface area contributed by atoms with Crippen molar-refractivity contribution in [3.8, 4) is 11.3 Å². The Labute approximate surface area is 106 Å². The molecule has 0 atom stereocenters.